The van der Waals surface area contributed by atoms with Gasteiger partial charge in [0.15, 0.2) is 0 Å². The summed E-state index contributed by atoms with van der Waals surface area (Å²) in [5.41, 5.74) is 0.478. The van der Waals surface area contributed by atoms with Crippen molar-refractivity contribution in [1.82, 2.24) is 0 Å². The first-order valence-corrected chi connectivity index (χ1v) is 6.69. The molecule has 0 aliphatic carbocycles. The summed E-state index contributed by atoms with van der Waals surface area (Å²) in [6.07, 6.45) is 2.05. The lowest BCUT2D eigenvalue weighted by Gasteiger charge is -2.35. The highest BCUT2D eigenvalue weighted by atomic mass is 35.5. The molecule has 0 saturated heterocycles. The molecule has 0 aromatic carbocycles. The molecule has 0 saturated carbocycles. The molecule has 18 heavy (non-hydrogen) atoms. The summed E-state index contributed by atoms with van der Waals surface area (Å²) < 4.78 is 6.23. The number of esters is 1. The Balaban J connectivity index is 0. The highest BCUT2D eigenvalue weighted by molar-refractivity contribution is 5.86. The van der Waals surface area contributed by atoms with Crippen molar-refractivity contribution in [3.63, 3.8) is 0 Å². The fourth-order valence-electron chi connectivity index (χ4n) is 1.98. The molecule has 0 unspecified atom stereocenters. The predicted molar refractivity (Wildman–Crippen MR) is 71.8 cm³/mol. The number of hydrogen-bond acceptors (Lipinski definition) is 2. The summed E-state index contributed by atoms with van der Waals surface area (Å²) in [4.78, 5) is 11.1. The lowest BCUT2D eigenvalue weighted by Crippen LogP contribution is -3.00. The number of unbranched alkanes of at least 4 members (excludes halogenated alkanes) is 1. The number of hydrogen-bond donors (Lipinski definition) is 0. The number of nitrogens with zero attached hydrogens (tertiary/aromatic N) is 1. The van der Waals surface area contributed by atoms with Gasteiger partial charge in [-0.05, 0) is 40.5 Å². The minimum absolute atomic E-state index is 0. The molecular weight excluding hydrogens is 250 g/mol. The van der Waals surface area contributed by atoms with Gasteiger partial charge in [-0.2, -0.15) is 0 Å². The van der Waals surface area contributed by atoms with E-state index < -0.39 is 0 Å². The van der Waals surface area contributed by atoms with E-state index in [1.54, 1.807) is 6.92 Å². The molecule has 108 valence electrons. The zero-order valence-corrected chi connectivity index (χ0v) is 13.1. The van der Waals surface area contributed by atoms with Crippen molar-refractivity contribution in [2.24, 2.45) is 0 Å². The summed E-state index contributed by atoms with van der Waals surface area (Å²) in [6, 6.07) is 0. The van der Waals surface area contributed by atoms with Crippen LogP contribution in [-0.2, 0) is 9.53 Å². The molecule has 0 aromatic rings. The Labute approximate surface area is 118 Å². The average molecular weight is 278 g/mol. The minimum Gasteiger partial charge on any atom is -1.00 e. The van der Waals surface area contributed by atoms with Gasteiger partial charge in [0.25, 0.3) is 0 Å². The van der Waals surface area contributed by atoms with Gasteiger partial charge in [0.1, 0.15) is 0 Å². The number of ether oxygens (including phenoxy) is 1. The Morgan fingerprint density at radius 1 is 1.11 bits per heavy atom. The van der Waals surface area contributed by atoms with Crippen LogP contribution in [-0.4, -0.2) is 43.2 Å². The number of quaternary nitrogens is 1. The van der Waals surface area contributed by atoms with Crippen LogP contribution in [0, 0.1) is 0 Å². The fraction of sp³-hybridized carbons (Fsp3) is 0.786. The molecule has 0 aliphatic heterocycles. The first-order valence-electron chi connectivity index (χ1n) is 6.69. The smallest absolute Gasteiger partial charge is 0.333 e. The lowest BCUT2D eigenvalue weighted by atomic mass is 10.2. The molecule has 0 fully saturated rings. The Kier molecular flexibility index (Phi) is 11.4. The van der Waals surface area contributed by atoms with E-state index in [4.69, 9.17) is 4.74 Å². The van der Waals surface area contributed by atoms with E-state index in [2.05, 4.69) is 27.4 Å². The van der Waals surface area contributed by atoms with Crippen LogP contribution < -0.4 is 12.4 Å². The van der Waals surface area contributed by atoms with Crippen LogP contribution in [0.2, 0.25) is 0 Å². The van der Waals surface area contributed by atoms with Crippen molar-refractivity contribution in [3.05, 3.63) is 12.2 Å². The zero-order chi connectivity index (χ0) is 13.3. The molecule has 0 rings (SSSR count). The maximum absolute atomic E-state index is 11.1. The summed E-state index contributed by atoms with van der Waals surface area (Å²) in [7, 11) is 0. The number of halogens is 1. The van der Waals surface area contributed by atoms with Gasteiger partial charge < -0.3 is 21.6 Å². The summed E-state index contributed by atoms with van der Waals surface area (Å²) in [5, 5.41) is 0. The van der Waals surface area contributed by atoms with E-state index in [1.807, 2.05) is 0 Å². The fourth-order valence-corrected chi connectivity index (χ4v) is 1.98. The molecule has 0 aromatic heterocycles. The Morgan fingerprint density at radius 3 is 2.00 bits per heavy atom. The molecular formula is C14H28ClNO2. The van der Waals surface area contributed by atoms with E-state index in [9.17, 15) is 4.79 Å². The SMILES string of the molecule is C=C(C)C(=O)OCCCC[N+](CC)(CC)CC.[Cl-]. The lowest BCUT2D eigenvalue weighted by molar-refractivity contribution is -0.923. The number of rotatable bonds is 9. The monoisotopic (exact) mass is 277 g/mol. The summed E-state index contributed by atoms with van der Waals surface area (Å²) in [6.45, 7) is 17.2. The van der Waals surface area contributed by atoms with Gasteiger partial charge in [0, 0.05) is 5.57 Å². The molecule has 0 bridgehead atoms. The van der Waals surface area contributed by atoms with E-state index in [0.717, 1.165) is 17.3 Å². The number of carbonyl (C=O) groups excluding carboxylic acids is 1. The van der Waals surface area contributed by atoms with Crippen LogP contribution in [0.15, 0.2) is 12.2 Å². The molecule has 0 aliphatic rings. The van der Waals surface area contributed by atoms with E-state index in [-0.39, 0.29) is 18.4 Å². The van der Waals surface area contributed by atoms with Crippen molar-refractivity contribution in [2.45, 2.75) is 40.5 Å². The normalized spacial score (nSPS) is 10.7. The van der Waals surface area contributed by atoms with Gasteiger partial charge in [0.2, 0.25) is 0 Å². The van der Waals surface area contributed by atoms with Gasteiger partial charge in [-0.3, -0.25) is 0 Å². The number of carbonyl (C=O) groups is 1. The van der Waals surface area contributed by atoms with Gasteiger partial charge >= 0.3 is 5.97 Å². The van der Waals surface area contributed by atoms with E-state index in [0.29, 0.717) is 12.2 Å². The molecule has 4 heteroatoms. The van der Waals surface area contributed by atoms with Crippen molar-refractivity contribution >= 4 is 5.97 Å². The molecule has 0 heterocycles. The Bertz CT molecular complexity index is 242. The summed E-state index contributed by atoms with van der Waals surface area (Å²) in [5.74, 6) is -0.271. The predicted octanol–water partition coefficient (Wildman–Crippen LogP) is -0.234. The standard InChI is InChI=1S/C14H28NO2.ClH/c1-6-15(7-2,8-3)11-9-10-12-17-14(16)13(4)5;/h4,6-12H2,1-3,5H3;1H/q+1;/p-1. The van der Waals surface area contributed by atoms with E-state index >= 15 is 0 Å². The topological polar surface area (TPSA) is 26.3 Å². The van der Waals surface area contributed by atoms with Crippen LogP contribution in [0.1, 0.15) is 40.5 Å². The molecule has 0 atom stereocenters. The van der Waals surface area contributed by atoms with Crippen molar-refractivity contribution in [3.8, 4) is 0 Å². The molecule has 0 N–H and O–H groups in total. The summed E-state index contributed by atoms with van der Waals surface area (Å²) >= 11 is 0. The van der Waals surface area contributed by atoms with Gasteiger partial charge in [-0.25, -0.2) is 4.79 Å². The van der Waals surface area contributed by atoms with Crippen LogP contribution in [0.5, 0.6) is 0 Å². The molecule has 0 radical (unpaired) electrons. The highest BCUT2D eigenvalue weighted by Gasteiger charge is 2.19. The highest BCUT2D eigenvalue weighted by Crippen LogP contribution is 2.08. The zero-order valence-electron chi connectivity index (χ0n) is 12.3. The first-order chi connectivity index (χ1) is 8.01. The third-order valence-electron chi connectivity index (χ3n) is 3.62. The second-order valence-corrected chi connectivity index (χ2v) is 4.64. The largest absolute Gasteiger partial charge is 1.00 e. The molecule has 3 nitrogen and oxygen atoms in total. The van der Waals surface area contributed by atoms with E-state index in [1.165, 1.54) is 26.2 Å². The molecule has 0 spiro atoms. The average Bonchev–Trinajstić information content (AvgIpc) is 2.34. The second kappa shape index (κ2) is 10.4. The second-order valence-electron chi connectivity index (χ2n) is 4.64. The first kappa shape index (κ1) is 19.8. The van der Waals surface area contributed by atoms with Crippen molar-refractivity contribution in [1.29, 1.82) is 0 Å². The van der Waals surface area contributed by atoms with Gasteiger partial charge in [0.05, 0.1) is 32.8 Å². The molecule has 0 amide bonds. The van der Waals surface area contributed by atoms with Crippen LogP contribution >= 0.6 is 0 Å². The Morgan fingerprint density at radius 2 is 1.61 bits per heavy atom. The quantitative estimate of drug-likeness (QED) is 0.252. The van der Waals surface area contributed by atoms with Crippen LogP contribution in [0.25, 0.3) is 0 Å². The maximum atomic E-state index is 11.1. The van der Waals surface area contributed by atoms with Crippen LogP contribution in [0.3, 0.4) is 0 Å². The minimum atomic E-state index is -0.271. The van der Waals surface area contributed by atoms with Gasteiger partial charge in [-0.15, -0.1) is 0 Å². The maximum Gasteiger partial charge on any atom is 0.333 e. The van der Waals surface area contributed by atoms with Crippen molar-refractivity contribution < 1.29 is 26.4 Å². The van der Waals surface area contributed by atoms with Crippen LogP contribution in [0.4, 0.5) is 0 Å². The van der Waals surface area contributed by atoms with Crippen molar-refractivity contribution in [2.75, 3.05) is 32.8 Å². The van der Waals surface area contributed by atoms with Gasteiger partial charge in [-0.1, -0.05) is 6.58 Å². The third kappa shape index (κ3) is 7.02. The third-order valence-corrected chi connectivity index (χ3v) is 3.62. The Hall–Kier alpha value is -0.540.